The number of carboxylic acids is 1. The first-order chi connectivity index (χ1) is 15.7. The minimum atomic E-state index is -3.97. The van der Waals surface area contributed by atoms with Gasteiger partial charge in [-0.05, 0) is 67.4 Å². The van der Waals surface area contributed by atoms with E-state index in [1.54, 1.807) is 24.3 Å². The fourth-order valence-electron chi connectivity index (χ4n) is 3.50. The summed E-state index contributed by atoms with van der Waals surface area (Å²) in [7, 11) is -2.02. The number of carbonyl (C=O) groups is 1. The lowest BCUT2D eigenvalue weighted by molar-refractivity contribution is -0.139. The maximum Gasteiger partial charge on any atom is 0.321 e. The van der Waals surface area contributed by atoms with Crippen molar-refractivity contribution < 1.29 is 18.3 Å². The maximum absolute atomic E-state index is 12.8. The van der Waals surface area contributed by atoms with Gasteiger partial charge in [-0.25, -0.2) is 8.42 Å². The third-order valence-electron chi connectivity index (χ3n) is 5.27. The summed E-state index contributed by atoms with van der Waals surface area (Å²) in [6, 6.07) is 22.3. The van der Waals surface area contributed by atoms with Crippen LogP contribution in [0.2, 0.25) is 5.02 Å². The van der Waals surface area contributed by atoms with Crippen molar-refractivity contribution in [2.45, 2.75) is 30.3 Å². The van der Waals surface area contributed by atoms with Crippen molar-refractivity contribution in [2.24, 2.45) is 0 Å². The molecule has 8 heteroatoms. The number of rotatable bonds is 11. The lowest BCUT2D eigenvalue weighted by Crippen LogP contribution is -2.41. The molecule has 0 amide bonds. The zero-order valence-corrected chi connectivity index (χ0v) is 19.9. The predicted molar refractivity (Wildman–Crippen MR) is 131 cm³/mol. The van der Waals surface area contributed by atoms with Gasteiger partial charge in [-0.15, -0.1) is 0 Å². The van der Waals surface area contributed by atoms with Gasteiger partial charge in [-0.3, -0.25) is 4.79 Å². The molecule has 0 aliphatic heterocycles. The molecule has 0 aliphatic rings. The number of halogens is 1. The Hall–Kier alpha value is -2.71. The van der Waals surface area contributed by atoms with E-state index in [1.165, 1.54) is 12.1 Å². The van der Waals surface area contributed by atoms with Crippen LogP contribution in [0.15, 0.2) is 83.8 Å². The Balaban J connectivity index is 1.58. The molecule has 2 N–H and O–H groups in total. The molecule has 0 aliphatic carbocycles. The topological polar surface area (TPSA) is 86.7 Å². The lowest BCUT2D eigenvalue weighted by Gasteiger charge is -2.19. The molecule has 1 atom stereocenters. The zero-order valence-electron chi connectivity index (χ0n) is 18.3. The van der Waals surface area contributed by atoms with Crippen molar-refractivity contribution in [3.05, 3.63) is 89.4 Å². The van der Waals surface area contributed by atoms with Crippen molar-refractivity contribution in [1.29, 1.82) is 0 Å². The first-order valence-corrected chi connectivity index (χ1v) is 12.4. The normalized spacial score (nSPS) is 12.6. The van der Waals surface area contributed by atoms with Crippen molar-refractivity contribution in [1.82, 2.24) is 9.62 Å². The number of carboxylic acid groups (broad SMARTS) is 1. The summed E-state index contributed by atoms with van der Waals surface area (Å²) < 4.78 is 27.9. The van der Waals surface area contributed by atoms with E-state index in [0.717, 1.165) is 23.2 Å². The first-order valence-electron chi connectivity index (χ1n) is 10.6. The van der Waals surface area contributed by atoms with Gasteiger partial charge in [0.2, 0.25) is 10.0 Å². The van der Waals surface area contributed by atoms with Crippen molar-refractivity contribution in [2.75, 3.05) is 13.6 Å². The van der Waals surface area contributed by atoms with Crippen LogP contribution < -0.4 is 4.72 Å². The molecule has 0 saturated heterocycles. The van der Waals surface area contributed by atoms with Crippen LogP contribution in [0.25, 0.3) is 11.1 Å². The van der Waals surface area contributed by atoms with Crippen LogP contribution in [-0.4, -0.2) is 44.0 Å². The Labute approximate surface area is 199 Å². The van der Waals surface area contributed by atoms with E-state index < -0.39 is 22.0 Å². The van der Waals surface area contributed by atoms with Crippen LogP contribution in [0.5, 0.6) is 0 Å². The van der Waals surface area contributed by atoms with E-state index >= 15 is 0 Å². The van der Waals surface area contributed by atoms with Crippen LogP contribution >= 0.6 is 11.6 Å². The number of nitrogens with one attached hydrogen (secondary N) is 1. The van der Waals surface area contributed by atoms with E-state index in [9.17, 15) is 18.3 Å². The largest absolute Gasteiger partial charge is 0.480 e. The van der Waals surface area contributed by atoms with E-state index in [2.05, 4.69) is 9.62 Å². The summed E-state index contributed by atoms with van der Waals surface area (Å²) >= 11 is 5.91. The first kappa shape index (κ1) is 24.9. The Morgan fingerprint density at radius 3 is 2.12 bits per heavy atom. The fourth-order valence-corrected chi connectivity index (χ4v) is 4.85. The molecule has 0 saturated carbocycles. The van der Waals surface area contributed by atoms with Gasteiger partial charge in [0, 0.05) is 11.6 Å². The average molecular weight is 487 g/mol. The average Bonchev–Trinajstić information content (AvgIpc) is 2.79. The molecule has 3 aromatic carbocycles. The van der Waals surface area contributed by atoms with Crippen LogP contribution in [0.4, 0.5) is 0 Å². The van der Waals surface area contributed by atoms with Gasteiger partial charge in [0.15, 0.2) is 0 Å². The monoisotopic (exact) mass is 486 g/mol. The minimum Gasteiger partial charge on any atom is -0.480 e. The van der Waals surface area contributed by atoms with Gasteiger partial charge in [0.25, 0.3) is 0 Å². The summed E-state index contributed by atoms with van der Waals surface area (Å²) in [5.41, 5.74) is 2.90. The number of sulfonamides is 1. The fraction of sp³-hybridized carbons (Fsp3) is 0.240. The van der Waals surface area contributed by atoms with E-state index in [0.29, 0.717) is 18.0 Å². The molecule has 0 spiro atoms. The molecule has 6 nitrogen and oxygen atoms in total. The van der Waals surface area contributed by atoms with Gasteiger partial charge < -0.3 is 10.0 Å². The van der Waals surface area contributed by atoms with Crippen LogP contribution in [0.1, 0.15) is 18.4 Å². The number of hydrogen-bond donors (Lipinski definition) is 2. The standard InChI is InChI=1S/C25H27ClN2O4S/c1-28(18-19-6-3-2-4-7-19)17-5-8-24(25(29)30)27-33(31,32)23-15-11-21(12-16-23)20-9-13-22(26)14-10-20/h2-4,6-7,9-16,24,27H,5,8,17-18H2,1H3,(H,29,30). The third kappa shape index (κ3) is 7.40. The maximum atomic E-state index is 12.8. The molecule has 0 fully saturated rings. The Morgan fingerprint density at radius 1 is 0.970 bits per heavy atom. The highest BCUT2D eigenvalue weighted by Crippen LogP contribution is 2.23. The second-order valence-electron chi connectivity index (χ2n) is 7.91. The predicted octanol–water partition coefficient (Wildman–Crippen LogP) is 4.65. The molecule has 174 valence electrons. The Bertz CT molecular complexity index is 1150. The molecular weight excluding hydrogens is 460 g/mol. The van der Waals surface area contributed by atoms with E-state index in [-0.39, 0.29) is 11.3 Å². The molecule has 33 heavy (non-hydrogen) atoms. The van der Waals surface area contributed by atoms with Crippen molar-refractivity contribution >= 4 is 27.6 Å². The Morgan fingerprint density at radius 2 is 1.55 bits per heavy atom. The van der Waals surface area contributed by atoms with Gasteiger partial charge in [-0.2, -0.15) is 4.72 Å². The second-order valence-corrected chi connectivity index (χ2v) is 10.1. The summed E-state index contributed by atoms with van der Waals surface area (Å²) in [4.78, 5) is 13.8. The van der Waals surface area contributed by atoms with Crippen LogP contribution in [0.3, 0.4) is 0 Å². The number of benzene rings is 3. The molecule has 3 rings (SSSR count). The smallest absolute Gasteiger partial charge is 0.321 e. The van der Waals surface area contributed by atoms with Gasteiger partial charge in [-0.1, -0.05) is 66.2 Å². The van der Waals surface area contributed by atoms with Crippen LogP contribution in [-0.2, 0) is 21.4 Å². The molecule has 0 heterocycles. The summed E-state index contributed by atoms with van der Waals surface area (Å²) in [6.45, 7) is 1.39. The lowest BCUT2D eigenvalue weighted by atomic mass is 10.1. The molecule has 0 bridgehead atoms. The van der Waals surface area contributed by atoms with E-state index in [4.69, 9.17) is 11.6 Å². The summed E-state index contributed by atoms with van der Waals surface area (Å²) in [5, 5.41) is 10.2. The highest BCUT2D eigenvalue weighted by atomic mass is 35.5. The molecule has 0 radical (unpaired) electrons. The SMILES string of the molecule is CN(CCCC(NS(=O)(=O)c1ccc(-c2ccc(Cl)cc2)cc1)C(=O)O)Cc1ccccc1. The Kier molecular flexibility index (Phi) is 8.63. The summed E-state index contributed by atoms with van der Waals surface area (Å²) in [6.07, 6.45) is 0.731. The highest BCUT2D eigenvalue weighted by Gasteiger charge is 2.25. The van der Waals surface area contributed by atoms with Gasteiger partial charge in [0.1, 0.15) is 6.04 Å². The highest BCUT2D eigenvalue weighted by molar-refractivity contribution is 7.89. The molecule has 3 aromatic rings. The van der Waals surface area contributed by atoms with E-state index in [1.807, 2.05) is 49.5 Å². The number of aliphatic carboxylic acids is 1. The summed E-state index contributed by atoms with van der Waals surface area (Å²) in [5.74, 6) is -1.19. The van der Waals surface area contributed by atoms with Crippen molar-refractivity contribution in [3.63, 3.8) is 0 Å². The van der Waals surface area contributed by atoms with Crippen LogP contribution in [0, 0.1) is 0 Å². The second kappa shape index (κ2) is 11.4. The van der Waals surface area contributed by atoms with Crippen molar-refractivity contribution in [3.8, 4) is 11.1 Å². The number of hydrogen-bond acceptors (Lipinski definition) is 4. The molecular formula is C25H27ClN2O4S. The molecule has 1 unspecified atom stereocenters. The van der Waals surface area contributed by atoms with Gasteiger partial charge >= 0.3 is 5.97 Å². The third-order valence-corrected chi connectivity index (χ3v) is 7.01. The quantitative estimate of drug-likeness (QED) is 0.412. The zero-order chi connectivity index (χ0) is 23.8. The number of nitrogens with zero attached hydrogens (tertiary/aromatic N) is 1. The minimum absolute atomic E-state index is 0.0210. The molecule has 0 aromatic heterocycles. The van der Waals surface area contributed by atoms with Gasteiger partial charge in [0.05, 0.1) is 4.90 Å².